The van der Waals surface area contributed by atoms with E-state index in [9.17, 15) is 9.18 Å². The first-order chi connectivity index (χ1) is 8.70. The molecule has 18 heavy (non-hydrogen) atoms. The summed E-state index contributed by atoms with van der Waals surface area (Å²) in [4.78, 5) is 12.0. The first-order valence-corrected chi connectivity index (χ1v) is 6.71. The highest BCUT2D eigenvalue weighted by Crippen LogP contribution is 2.22. The zero-order chi connectivity index (χ0) is 13.0. The molecular weight excluding hydrogens is 229 g/mol. The number of ketones is 1. The van der Waals surface area contributed by atoms with Crippen LogP contribution in [0.15, 0.2) is 24.3 Å². The summed E-state index contributed by atoms with van der Waals surface area (Å²) in [7, 11) is 0. The zero-order valence-corrected chi connectivity index (χ0v) is 10.8. The maximum absolute atomic E-state index is 13.5. The molecule has 0 amide bonds. The number of hydrogen-bond donors (Lipinski definition) is 1. The predicted octanol–water partition coefficient (Wildman–Crippen LogP) is 3.18. The molecule has 1 aromatic rings. The summed E-state index contributed by atoms with van der Waals surface area (Å²) in [5.74, 6) is 0.192. The van der Waals surface area contributed by atoms with Gasteiger partial charge in [-0.2, -0.15) is 0 Å². The van der Waals surface area contributed by atoms with Crippen LogP contribution >= 0.6 is 0 Å². The molecule has 1 aliphatic rings. The van der Waals surface area contributed by atoms with E-state index < -0.39 is 5.82 Å². The molecule has 0 aliphatic carbocycles. The number of nitrogens with one attached hydrogen (secondary N) is 1. The lowest BCUT2D eigenvalue weighted by Crippen LogP contribution is -2.39. The Kier molecular flexibility index (Phi) is 4.48. The first-order valence-electron chi connectivity index (χ1n) is 6.71. The molecule has 1 heterocycles. The van der Waals surface area contributed by atoms with Gasteiger partial charge in [0.2, 0.25) is 0 Å². The molecule has 0 saturated carbocycles. The van der Waals surface area contributed by atoms with Crippen molar-refractivity contribution in [2.45, 2.75) is 38.6 Å². The Balaban J connectivity index is 1.97. The van der Waals surface area contributed by atoms with Crippen molar-refractivity contribution in [2.24, 2.45) is 5.92 Å². The molecule has 2 unspecified atom stereocenters. The van der Waals surface area contributed by atoms with Crippen molar-refractivity contribution in [3.63, 3.8) is 0 Å². The van der Waals surface area contributed by atoms with Crippen molar-refractivity contribution in [1.29, 1.82) is 0 Å². The number of rotatable bonds is 4. The normalized spacial score (nSPS) is 23.9. The van der Waals surface area contributed by atoms with Crippen molar-refractivity contribution in [3.8, 4) is 0 Å². The standard InChI is InChI=1S/C15H20FNO/c1-2-11-7-8-17-12(9-11)10-15(18)13-5-3-4-6-14(13)16/h3-6,11-12,17H,2,7-10H2,1H3. The van der Waals surface area contributed by atoms with Crippen LogP contribution in [0.4, 0.5) is 4.39 Å². The summed E-state index contributed by atoms with van der Waals surface area (Å²) in [5.41, 5.74) is 0.220. The number of carbonyl (C=O) groups excluding carboxylic acids is 1. The van der Waals surface area contributed by atoms with E-state index in [0.29, 0.717) is 12.3 Å². The molecule has 1 fully saturated rings. The van der Waals surface area contributed by atoms with Crippen LogP contribution in [0.25, 0.3) is 0 Å². The monoisotopic (exact) mass is 249 g/mol. The molecule has 1 saturated heterocycles. The highest BCUT2D eigenvalue weighted by Gasteiger charge is 2.23. The molecular formula is C15H20FNO. The van der Waals surface area contributed by atoms with Crippen molar-refractivity contribution in [2.75, 3.05) is 6.54 Å². The Morgan fingerprint density at radius 3 is 2.94 bits per heavy atom. The number of Topliss-reactive ketones (excluding diaryl/α,β-unsaturated/α-hetero) is 1. The van der Waals surface area contributed by atoms with Gasteiger partial charge >= 0.3 is 0 Å². The van der Waals surface area contributed by atoms with Gasteiger partial charge in [0.1, 0.15) is 5.82 Å². The highest BCUT2D eigenvalue weighted by molar-refractivity contribution is 5.96. The minimum Gasteiger partial charge on any atom is -0.314 e. The van der Waals surface area contributed by atoms with Crippen molar-refractivity contribution >= 4 is 5.78 Å². The third-order valence-corrected chi connectivity index (χ3v) is 3.79. The highest BCUT2D eigenvalue weighted by atomic mass is 19.1. The van der Waals surface area contributed by atoms with Crippen LogP contribution in [-0.2, 0) is 0 Å². The Bertz CT molecular complexity index is 419. The third-order valence-electron chi connectivity index (χ3n) is 3.79. The molecule has 0 spiro atoms. The average molecular weight is 249 g/mol. The summed E-state index contributed by atoms with van der Waals surface area (Å²) in [6.07, 6.45) is 3.76. The lowest BCUT2D eigenvalue weighted by atomic mass is 9.87. The number of carbonyl (C=O) groups is 1. The van der Waals surface area contributed by atoms with Crippen LogP contribution in [0.5, 0.6) is 0 Å². The van der Waals surface area contributed by atoms with Gasteiger partial charge in [-0.25, -0.2) is 4.39 Å². The molecule has 2 atom stereocenters. The van der Waals surface area contributed by atoms with E-state index in [2.05, 4.69) is 12.2 Å². The van der Waals surface area contributed by atoms with Gasteiger partial charge < -0.3 is 5.32 Å². The van der Waals surface area contributed by atoms with Crippen LogP contribution in [0.1, 0.15) is 43.0 Å². The van der Waals surface area contributed by atoms with Crippen molar-refractivity contribution < 1.29 is 9.18 Å². The van der Waals surface area contributed by atoms with Gasteiger partial charge in [-0.3, -0.25) is 4.79 Å². The predicted molar refractivity (Wildman–Crippen MR) is 70.2 cm³/mol. The molecule has 0 bridgehead atoms. The van der Waals surface area contributed by atoms with Crippen LogP contribution in [0, 0.1) is 11.7 Å². The van der Waals surface area contributed by atoms with Gasteiger partial charge in [0.15, 0.2) is 5.78 Å². The molecule has 1 aromatic carbocycles. The van der Waals surface area contributed by atoms with Crippen LogP contribution in [0.3, 0.4) is 0 Å². The van der Waals surface area contributed by atoms with E-state index >= 15 is 0 Å². The molecule has 2 rings (SSSR count). The van der Waals surface area contributed by atoms with Crippen LogP contribution in [0.2, 0.25) is 0 Å². The summed E-state index contributed by atoms with van der Waals surface area (Å²) >= 11 is 0. The maximum atomic E-state index is 13.5. The van der Waals surface area contributed by atoms with E-state index in [-0.39, 0.29) is 17.4 Å². The van der Waals surface area contributed by atoms with E-state index in [0.717, 1.165) is 19.4 Å². The second kappa shape index (κ2) is 6.10. The quantitative estimate of drug-likeness (QED) is 0.830. The summed E-state index contributed by atoms with van der Waals surface area (Å²) in [5, 5.41) is 3.36. The fourth-order valence-electron chi connectivity index (χ4n) is 2.64. The Morgan fingerprint density at radius 1 is 1.44 bits per heavy atom. The van der Waals surface area contributed by atoms with E-state index in [1.807, 2.05) is 0 Å². The fraction of sp³-hybridized carbons (Fsp3) is 0.533. The van der Waals surface area contributed by atoms with Crippen LogP contribution in [-0.4, -0.2) is 18.4 Å². The van der Waals surface area contributed by atoms with E-state index in [1.165, 1.54) is 12.5 Å². The summed E-state index contributed by atoms with van der Waals surface area (Å²) in [6.45, 7) is 3.15. The van der Waals surface area contributed by atoms with Crippen molar-refractivity contribution in [1.82, 2.24) is 5.32 Å². The molecule has 0 aromatic heterocycles. The smallest absolute Gasteiger partial charge is 0.167 e. The van der Waals surface area contributed by atoms with E-state index in [1.54, 1.807) is 18.2 Å². The van der Waals surface area contributed by atoms with Crippen LogP contribution < -0.4 is 5.32 Å². The van der Waals surface area contributed by atoms with Gasteiger partial charge in [-0.15, -0.1) is 0 Å². The van der Waals surface area contributed by atoms with E-state index in [4.69, 9.17) is 0 Å². The maximum Gasteiger partial charge on any atom is 0.167 e. The second-order valence-corrected chi connectivity index (χ2v) is 5.06. The van der Waals surface area contributed by atoms with Crippen molar-refractivity contribution in [3.05, 3.63) is 35.6 Å². The average Bonchev–Trinajstić information content (AvgIpc) is 2.39. The molecule has 1 N–H and O–H groups in total. The lowest BCUT2D eigenvalue weighted by Gasteiger charge is -2.29. The summed E-state index contributed by atoms with van der Waals surface area (Å²) in [6, 6.07) is 6.43. The molecule has 3 heteroatoms. The minimum atomic E-state index is -0.412. The number of piperidine rings is 1. The largest absolute Gasteiger partial charge is 0.314 e. The molecule has 2 nitrogen and oxygen atoms in total. The Hall–Kier alpha value is -1.22. The van der Waals surface area contributed by atoms with Gasteiger partial charge in [0, 0.05) is 12.5 Å². The molecule has 0 radical (unpaired) electrons. The first kappa shape index (κ1) is 13.2. The van der Waals surface area contributed by atoms with Gasteiger partial charge in [-0.1, -0.05) is 25.5 Å². The Labute approximate surface area is 108 Å². The fourth-order valence-corrected chi connectivity index (χ4v) is 2.64. The zero-order valence-electron chi connectivity index (χ0n) is 10.8. The number of benzene rings is 1. The number of hydrogen-bond acceptors (Lipinski definition) is 2. The number of halogens is 1. The summed E-state index contributed by atoms with van der Waals surface area (Å²) < 4.78 is 13.5. The minimum absolute atomic E-state index is 0.0950. The molecule has 1 aliphatic heterocycles. The van der Waals surface area contributed by atoms with Gasteiger partial charge in [-0.05, 0) is 37.4 Å². The SMILES string of the molecule is CCC1CCNC(CC(=O)c2ccccc2F)C1. The van der Waals surface area contributed by atoms with Gasteiger partial charge in [0.25, 0.3) is 0 Å². The molecule has 98 valence electrons. The topological polar surface area (TPSA) is 29.1 Å². The second-order valence-electron chi connectivity index (χ2n) is 5.06. The van der Waals surface area contributed by atoms with Gasteiger partial charge in [0.05, 0.1) is 5.56 Å². The Morgan fingerprint density at radius 2 is 2.22 bits per heavy atom. The lowest BCUT2D eigenvalue weighted by molar-refractivity contribution is 0.0953. The third kappa shape index (κ3) is 3.16.